The standard InChI is InChI=1S/C14H19N5O2/c1-2-8-21-9-4-7-15-14(20)12-5-3-6-13(10-12)19-11-16-17-18-19/h3,5-6,10-11H,2,4,7-9H2,1H3,(H,15,20). The molecule has 0 aliphatic rings. The van der Waals surface area contributed by atoms with Crippen LogP contribution in [-0.4, -0.2) is 45.9 Å². The normalized spacial score (nSPS) is 10.5. The van der Waals surface area contributed by atoms with Gasteiger partial charge in [0.25, 0.3) is 5.91 Å². The van der Waals surface area contributed by atoms with Gasteiger partial charge in [-0.05, 0) is 41.5 Å². The molecule has 0 saturated heterocycles. The van der Waals surface area contributed by atoms with Gasteiger partial charge < -0.3 is 10.1 Å². The fraction of sp³-hybridized carbons (Fsp3) is 0.429. The zero-order valence-corrected chi connectivity index (χ0v) is 12.0. The molecule has 0 spiro atoms. The van der Waals surface area contributed by atoms with Crippen molar-refractivity contribution in [2.45, 2.75) is 19.8 Å². The van der Waals surface area contributed by atoms with Crippen molar-refractivity contribution in [2.24, 2.45) is 0 Å². The minimum Gasteiger partial charge on any atom is -0.381 e. The third kappa shape index (κ3) is 4.64. The van der Waals surface area contributed by atoms with Gasteiger partial charge in [-0.15, -0.1) is 5.10 Å². The van der Waals surface area contributed by atoms with E-state index in [1.54, 1.807) is 18.2 Å². The Morgan fingerprint density at radius 2 is 2.29 bits per heavy atom. The second-order valence-corrected chi connectivity index (χ2v) is 4.53. The van der Waals surface area contributed by atoms with Crippen molar-refractivity contribution in [2.75, 3.05) is 19.8 Å². The summed E-state index contributed by atoms with van der Waals surface area (Å²) in [6.45, 7) is 4.10. The van der Waals surface area contributed by atoms with Crippen LogP contribution in [0.25, 0.3) is 5.69 Å². The van der Waals surface area contributed by atoms with Crippen LogP contribution in [0.5, 0.6) is 0 Å². The molecule has 2 rings (SSSR count). The van der Waals surface area contributed by atoms with Crippen molar-refractivity contribution < 1.29 is 9.53 Å². The Kier molecular flexibility index (Phi) is 5.83. The highest BCUT2D eigenvalue weighted by atomic mass is 16.5. The summed E-state index contributed by atoms with van der Waals surface area (Å²) in [6.07, 6.45) is 3.30. The first-order valence-electron chi connectivity index (χ1n) is 7.00. The summed E-state index contributed by atoms with van der Waals surface area (Å²) < 4.78 is 6.87. The molecular weight excluding hydrogens is 270 g/mol. The second kappa shape index (κ2) is 8.11. The number of ether oxygens (including phenoxy) is 1. The van der Waals surface area contributed by atoms with Crippen LogP contribution in [0.2, 0.25) is 0 Å². The van der Waals surface area contributed by atoms with Crippen LogP contribution in [-0.2, 0) is 4.74 Å². The molecule has 1 aromatic carbocycles. The predicted octanol–water partition coefficient (Wildman–Crippen LogP) is 1.21. The second-order valence-electron chi connectivity index (χ2n) is 4.53. The summed E-state index contributed by atoms with van der Waals surface area (Å²) in [5.74, 6) is -0.111. The Bertz CT molecular complexity index is 556. The van der Waals surface area contributed by atoms with Crippen molar-refractivity contribution in [3.05, 3.63) is 36.2 Å². The number of nitrogens with one attached hydrogen (secondary N) is 1. The van der Waals surface area contributed by atoms with E-state index in [1.165, 1.54) is 11.0 Å². The number of nitrogens with zero attached hydrogens (tertiary/aromatic N) is 4. The zero-order valence-electron chi connectivity index (χ0n) is 12.0. The Morgan fingerprint density at radius 1 is 1.38 bits per heavy atom. The summed E-state index contributed by atoms with van der Waals surface area (Å²) >= 11 is 0. The maximum absolute atomic E-state index is 12.0. The maximum Gasteiger partial charge on any atom is 0.251 e. The first-order chi connectivity index (χ1) is 10.3. The topological polar surface area (TPSA) is 81.9 Å². The number of aromatic nitrogens is 4. The Labute approximate surface area is 123 Å². The average molecular weight is 289 g/mol. The van der Waals surface area contributed by atoms with Gasteiger partial charge in [-0.3, -0.25) is 4.79 Å². The summed E-state index contributed by atoms with van der Waals surface area (Å²) in [4.78, 5) is 12.0. The zero-order chi connectivity index (χ0) is 14.9. The first-order valence-corrected chi connectivity index (χ1v) is 7.00. The highest BCUT2D eigenvalue weighted by Crippen LogP contribution is 2.08. The van der Waals surface area contributed by atoms with E-state index >= 15 is 0 Å². The lowest BCUT2D eigenvalue weighted by Crippen LogP contribution is -2.25. The van der Waals surface area contributed by atoms with Crippen molar-refractivity contribution in [1.29, 1.82) is 0 Å². The van der Waals surface area contributed by atoms with E-state index in [2.05, 4.69) is 27.8 Å². The van der Waals surface area contributed by atoms with Gasteiger partial charge in [0.05, 0.1) is 5.69 Å². The van der Waals surface area contributed by atoms with Gasteiger partial charge in [0, 0.05) is 25.3 Å². The van der Waals surface area contributed by atoms with E-state index in [4.69, 9.17) is 4.74 Å². The number of hydrogen-bond donors (Lipinski definition) is 1. The SMILES string of the molecule is CCCOCCCNC(=O)c1cccc(-n2cnnn2)c1. The molecule has 0 unspecified atom stereocenters. The number of benzene rings is 1. The molecule has 21 heavy (non-hydrogen) atoms. The number of carbonyl (C=O) groups is 1. The van der Waals surface area contributed by atoms with Crippen LogP contribution in [0.3, 0.4) is 0 Å². The quantitative estimate of drug-likeness (QED) is 0.739. The van der Waals surface area contributed by atoms with Crippen molar-refractivity contribution >= 4 is 5.91 Å². The first kappa shape index (κ1) is 15.1. The molecule has 0 aliphatic heterocycles. The molecule has 7 nitrogen and oxygen atoms in total. The van der Waals surface area contributed by atoms with E-state index in [-0.39, 0.29) is 5.91 Å². The van der Waals surface area contributed by atoms with Crippen LogP contribution in [0.1, 0.15) is 30.1 Å². The molecule has 0 aliphatic carbocycles. The smallest absolute Gasteiger partial charge is 0.251 e. The summed E-state index contributed by atoms with van der Waals surface area (Å²) in [7, 11) is 0. The number of tetrazole rings is 1. The molecule has 0 fully saturated rings. The predicted molar refractivity (Wildman–Crippen MR) is 77.2 cm³/mol. The van der Waals surface area contributed by atoms with Crippen LogP contribution in [0.4, 0.5) is 0 Å². The number of hydrogen-bond acceptors (Lipinski definition) is 5. The fourth-order valence-corrected chi connectivity index (χ4v) is 1.79. The van der Waals surface area contributed by atoms with E-state index in [1.807, 2.05) is 6.07 Å². The van der Waals surface area contributed by atoms with Gasteiger partial charge >= 0.3 is 0 Å². The minimum absolute atomic E-state index is 0.111. The summed E-state index contributed by atoms with van der Waals surface area (Å²) in [5, 5.41) is 13.8. The van der Waals surface area contributed by atoms with E-state index < -0.39 is 0 Å². The number of rotatable bonds is 8. The Morgan fingerprint density at radius 3 is 3.05 bits per heavy atom. The van der Waals surface area contributed by atoms with E-state index in [9.17, 15) is 4.79 Å². The van der Waals surface area contributed by atoms with Gasteiger partial charge in [0.2, 0.25) is 0 Å². The fourth-order valence-electron chi connectivity index (χ4n) is 1.79. The third-order valence-corrected chi connectivity index (χ3v) is 2.82. The van der Waals surface area contributed by atoms with Gasteiger partial charge in [0.15, 0.2) is 0 Å². The van der Waals surface area contributed by atoms with Crippen LogP contribution in [0, 0.1) is 0 Å². The molecule has 2 aromatic rings. The summed E-state index contributed by atoms with van der Waals surface area (Å²) in [6, 6.07) is 7.15. The maximum atomic E-state index is 12.0. The van der Waals surface area contributed by atoms with Crippen LogP contribution in [0.15, 0.2) is 30.6 Å². The molecule has 112 valence electrons. The minimum atomic E-state index is -0.111. The molecule has 0 saturated carbocycles. The molecular formula is C14H19N5O2. The van der Waals surface area contributed by atoms with Crippen molar-refractivity contribution in [3.63, 3.8) is 0 Å². The molecule has 0 radical (unpaired) electrons. The molecule has 1 heterocycles. The average Bonchev–Trinajstić information content (AvgIpc) is 3.05. The lowest BCUT2D eigenvalue weighted by Gasteiger charge is -2.07. The molecule has 1 aromatic heterocycles. The highest BCUT2D eigenvalue weighted by Gasteiger charge is 2.06. The molecule has 1 N–H and O–H groups in total. The van der Waals surface area contributed by atoms with Crippen molar-refractivity contribution in [1.82, 2.24) is 25.5 Å². The highest BCUT2D eigenvalue weighted by molar-refractivity contribution is 5.94. The van der Waals surface area contributed by atoms with E-state index in [0.29, 0.717) is 18.7 Å². The Balaban J connectivity index is 1.84. The lowest BCUT2D eigenvalue weighted by atomic mass is 10.2. The van der Waals surface area contributed by atoms with Gasteiger partial charge in [0.1, 0.15) is 6.33 Å². The molecule has 0 bridgehead atoms. The number of amides is 1. The van der Waals surface area contributed by atoms with Crippen molar-refractivity contribution in [3.8, 4) is 5.69 Å². The van der Waals surface area contributed by atoms with Crippen LogP contribution < -0.4 is 5.32 Å². The lowest BCUT2D eigenvalue weighted by molar-refractivity contribution is 0.0941. The molecule has 7 heteroatoms. The Hall–Kier alpha value is -2.28. The van der Waals surface area contributed by atoms with Gasteiger partial charge in [-0.1, -0.05) is 13.0 Å². The van der Waals surface area contributed by atoms with Crippen LogP contribution >= 0.6 is 0 Å². The van der Waals surface area contributed by atoms with Gasteiger partial charge in [-0.2, -0.15) is 0 Å². The summed E-state index contributed by atoms with van der Waals surface area (Å²) in [5.41, 5.74) is 1.33. The largest absolute Gasteiger partial charge is 0.381 e. The monoisotopic (exact) mass is 289 g/mol. The third-order valence-electron chi connectivity index (χ3n) is 2.82. The van der Waals surface area contributed by atoms with Gasteiger partial charge in [-0.25, -0.2) is 4.68 Å². The number of carbonyl (C=O) groups excluding carboxylic acids is 1. The molecule has 1 amide bonds. The molecule has 0 atom stereocenters. The van der Waals surface area contributed by atoms with E-state index in [0.717, 1.165) is 25.1 Å².